The number of hydrazine groups is 2. The summed E-state index contributed by atoms with van der Waals surface area (Å²) >= 11 is 0. The number of benzene rings is 3. The van der Waals surface area contributed by atoms with Crippen LogP contribution in [-0.4, -0.2) is 6.03 Å². The lowest BCUT2D eigenvalue weighted by Crippen LogP contribution is -2.48. The summed E-state index contributed by atoms with van der Waals surface area (Å²) in [5, 5.41) is 0.984. The van der Waals surface area contributed by atoms with Gasteiger partial charge in [-0.3, -0.25) is 5.43 Å². The number of carbonyl (C=O) groups excluding carboxylic acids is 1. The van der Waals surface area contributed by atoms with Gasteiger partial charge in [0.25, 0.3) is 0 Å². The molecule has 5 N–H and O–H groups in total. The minimum atomic E-state index is -0.602. The molecule has 3 aromatic carbocycles. The van der Waals surface area contributed by atoms with Crippen molar-refractivity contribution in [3.05, 3.63) is 83.4 Å². The zero-order chi connectivity index (χ0) is 20.8. The van der Waals surface area contributed by atoms with Crippen LogP contribution in [0.2, 0.25) is 0 Å². The number of nitrogens with two attached hydrogens (primary N) is 2. The van der Waals surface area contributed by atoms with Gasteiger partial charge in [0.05, 0.1) is 5.69 Å². The minimum Gasteiger partial charge on any atom is -0.489 e. The Morgan fingerprint density at radius 2 is 1.76 bits per heavy atom. The zero-order valence-corrected chi connectivity index (χ0v) is 16.7. The lowest BCUT2D eigenvalue weighted by atomic mass is 10.0. The van der Waals surface area contributed by atoms with Crippen molar-refractivity contribution in [2.75, 3.05) is 5.01 Å². The minimum absolute atomic E-state index is 0.270. The summed E-state index contributed by atoms with van der Waals surface area (Å²) < 4.78 is 6.04. The maximum atomic E-state index is 11.8. The Hall–Kier alpha value is -3.35. The number of ether oxygens (including phenoxy) is 1. The van der Waals surface area contributed by atoms with Crippen LogP contribution in [0.3, 0.4) is 0 Å². The van der Waals surface area contributed by atoms with E-state index in [2.05, 4.69) is 37.3 Å². The van der Waals surface area contributed by atoms with Crippen molar-refractivity contribution in [3.8, 4) is 16.9 Å². The van der Waals surface area contributed by atoms with Gasteiger partial charge >= 0.3 is 6.03 Å². The highest BCUT2D eigenvalue weighted by Gasteiger charge is 2.16. The average molecular weight is 390 g/mol. The van der Waals surface area contributed by atoms with Gasteiger partial charge in [-0.15, -0.1) is 0 Å². The molecule has 0 aliphatic carbocycles. The van der Waals surface area contributed by atoms with Gasteiger partial charge in [-0.05, 0) is 53.8 Å². The highest BCUT2D eigenvalue weighted by molar-refractivity contribution is 5.91. The first kappa shape index (κ1) is 20.4. The molecule has 0 radical (unpaired) electrons. The highest BCUT2D eigenvalue weighted by atomic mass is 16.5. The molecule has 0 aliphatic heterocycles. The van der Waals surface area contributed by atoms with Crippen LogP contribution in [0.25, 0.3) is 11.1 Å². The number of nitrogens with one attached hydrogen (secondary N) is 1. The maximum Gasteiger partial charge on any atom is 0.350 e. The molecular formula is C23H26N4O2. The molecule has 6 nitrogen and oxygen atoms in total. The Balaban J connectivity index is 1.81. The quantitative estimate of drug-likeness (QED) is 0.336. The van der Waals surface area contributed by atoms with Gasteiger partial charge in [0.15, 0.2) is 0 Å². The maximum absolute atomic E-state index is 11.8. The molecule has 3 aromatic rings. The van der Waals surface area contributed by atoms with E-state index in [-0.39, 0.29) is 6.61 Å². The lowest BCUT2D eigenvalue weighted by molar-refractivity contribution is 0.246. The van der Waals surface area contributed by atoms with Crippen LogP contribution in [0.15, 0.2) is 66.7 Å². The molecule has 0 saturated heterocycles. The number of anilines is 1. The first-order chi connectivity index (χ1) is 14.0. The van der Waals surface area contributed by atoms with E-state index in [0.29, 0.717) is 5.69 Å². The number of urea groups is 1. The molecule has 0 aromatic heterocycles. The summed E-state index contributed by atoms with van der Waals surface area (Å²) in [6.45, 7) is 4.36. The molecule has 0 aliphatic rings. The molecule has 150 valence electrons. The number of amides is 2. The third kappa shape index (κ3) is 4.74. The van der Waals surface area contributed by atoms with E-state index in [0.717, 1.165) is 39.4 Å². The predicted octanol–water partition coefficient (Wildman–Crippen LogP) is 4.07. The molecule has 0 unspecified atom stereocenters. The number of hydrogen-bond acceptors (Lipinski definition) is 4. The average Bonchev–Trinajstić information content (AvgIpc) is 2.77. The number of aryl methyl sites for hydroxylation is 2. The Labute approximate surface area is 171 Å². The van der Waals surface area contributed by atoms with Crippen molar-refractivity contribution >= 4 is 11.7 Å². The largest absolute Gasteiger partial charge is 0.489 e. The summed E-state index contributed by atoms with van der Waals surface area (Å²) in [7, 11) is 0. The number of carbonyl (C=O) groups is 1. The van der Waals surface area contributed by atoms with Crippen LogP contribution in [0, 0.1) is 6.92 Å². The molecule has 2 amide bonds. The highest BCUT2D eigenvalue weighted by Crippen LogP contribution is 2.27. The van der Waals surface area contributed by atoms with Crippen LogP contribution in [0.4, 0.5) is 10.5 Å². The third-order valence-corrected chi connectivity index (χ3v) is 4.90. The van der Waals surface area contributed by atoms with Crippen molar-refractivity contribution in [1.29, 1.82) is 0 Å². The van der Waals surface area contributed by atoms with Crippen molar-refractivity contribution in [2.24, 2.45) is 11.7 Å². The Bertz CT molecular complexity index is 986. The number of hydrogen-bond donors (Lipinski definition) is 3. The van der Waals surface area contributed by atoms with Gasteiger partial charge in [0, 0.05) is 5.56 Å². The van der Waals surface area contributed by atoms with Gasteiger partial charge in [-0.1, -0.05) is 55.5 Å². The summed E-state index contributed by atoms with van der Waals surface area (Å²) in [4.78, 5) is 11.8. The summed E-state index contributed by atoms with van der Waals surface area (Å²) in [6.07, 6.45) is 1.02. The van der Waals surface area contributed by atoms with Crippen molar-refractivity contribution in [2.45, 2.75) is 26.9 Å². The van der Waals surface area contributed by atoms with Gasteiger partial charge in [0.2, 0.25) is 0 Å². The molecule has 0 bridgehead atoms. The molecule has 0 spiro atoms. The Morgan fingerprint density at radius 3 is 2.45 bits per heavy atom. The van der Waals surface area contributed by atoms with E-state index < -0.39 is 6.03 Å². The predicted molar refractivity (Wildman–Crippen MR) is 116 cm³/mol. The molecule has 6 heteroatoms. The monoisotopic (exact) mass is 390 g/mol. The topological polar surface area (TPSA) is 93.6 Å². The fourth-order valence-corrected chi connectivity index (χ4v) is 3.13. The van der Waals surface area contributed by atoms with Crippen LogP contribution in [-0.2, 0) is 13.0 Å². The fourth-order valence-electron chi connectivity index (χ4n) is 3.13. The summed E-state index contributed by atoms with van der Waals surface area (Å²) in [5.41, 5.74) is 7.89. The van der Waals surface area contributed by atoms with Crippen LogP contribution in [0.5, 0.6) is 5.75 Å². The first-order valence-corrected chi connectivity index (χ1v) is 9.49. The van der Waals surface area contributed by atoms with Crippen LogP contribution < -0.4 is 26.9 Å². The number of nitrogens with zero attached hydrogens (tertiary/aromatic N) is 1. The van der Waals surface area contributed by atoms with E-state index >= 15 is 0 Å². The van der Waals surface area contributed by atoms with E-state index in [1.165, 1.54) is 5.56 Å². The van der Waals surface area contributed by atoms with E-state index in [1.54, 1.807) is 6.07 Å². The molecule has 0 fully saturated rings. The van der Waals surface area contributed by atoms with E-state index in [1.807, 2.05) is 42.7 Å². The van der Waals surface area contributed by atoms with E-state index in [4.69, 9.17) is 16.4 Å². The van der Waals surface area contributed by atoms with Crippen LogP contribution >= 0.6 is 0 Å². The van der Waals surface area contributed by atoms with Crippen LogP contribution in [0.1, 0.15) is 23.6 Å². The van der Waals surface area contributed by atoms with Gasteiger partial charge in [-0.2, -0.15) is 0 Å². The SMILES string of the molecule is CCc1ccc(-c2cccc(OCc3c(C)cccc3N(N)C(=O)NN)c2)cc1. The molecule has 0 heterocycles. The van der Waals surface area contributed by atoms with Crippen molar-refractivity contribution < 1.29 is 9.53 Å². The first-order valence-electron chi connectivity index (χ1n) is 9.49. The summed E-state index contributed by atoms with van der Waals surface area (Å²) in [6, 6.07) is 21.4. The Morgan fingerprint density at radius 1 is 1.03 bits per heavy atom. The standard InChI is InChI=1S/C23H26N4O2/c1-3-17-10-12-18(13-11-17)19-7-5-8-20(14-19)29-15-21-16(2)6-4-9-22(21)27(25)23(28)26-24/h4-14H,3,15,24-25H2,1-2H3,(H,26,28). The third-order valence-electron chi connectivity index (χ3n) is 4.90. The molecule has 0 atom stereocenters. The van der Waals surface area contributed by atoms with Crippen molar-refractivity contribution in [1.82, 2.24) is 5.43 Å². The van der Waals surface area contributed by atoms with E-state index in [9.17, 15) is 4.79 Å². The lowest BCUT2D eigenvalue weighted by Gasteiger charge is -2.21. The second-order valence-electron chi connectivity index (χ2n) is 6.76. The summed E-state index contributed by atoms with van der Waals surface area (Å²) in [5.74, 6) is 11.8. The molecular weight excluding hydrogens is 364 g/mol. The smallest absolute Gasteiger partial charge is 0.350 e. The van der Waals surface area contributed by atoms with Gasteiger partial charge < -0.3 is 4.74 Å². The normalized spacial score (nSPS) is 10.5. The fraction of sp³-hybridized carbons (Fsp3) is 0.174. The zero-order valence-electron chi connectivity index (χ0n) is 16.7. The van der Waals surface area contributed by atoms with Crippen molar-refractivity contribution in [3.63, 3.8) is 0 Å². The number of rotatable bonds is 6. The molecule has 3 rings (SSSR count). The second kappa shape index (κ2) is 9.23. The Kier molecular flexibility index (Phi) is 6.49. The second-order valence-corrected chi connectivity index (χ2v) is 6.76. The van der Waals surface area contributed by atoms with Gasteiger partial charge in [0.1, 0.15) is 12.4 Å². The van der Waals surface area contributed by atoms with Gasteiger partial charge in [-0.25, -0.2) is 21.5 Å². The molecule has 0 saturated carbocycles. The molecule has 29 heavy (non-hydrogen) atoms.